The van der Waals surface area contributed by atoms with Gasteiger partial charge in [0.2, 0.25) is 5.91 Å². The third-order valence-electron chi connectivity index (χ3n) is 5.30. The van der Waals surface area contributed by atoms with Crippen LogP contribution in [0.5, 0.6) is 0 Å². The zero-order chi connectivity index (χ0) is 18.0. The number of hydrogen-bond donors (Lipinski definition) is 1. The summed E-state index contributed by atoms with van der Waals surface area (Å²) in [5, 5.41) is 9.91. The third-order valence-corrected chi connectivity index (χ3v) is 5.30. The molecule has 1 N–H and O–H groups in total. The Morgan fingerprint density at radius 3 is 2.16 bits per heavy atom. The molecule has 2 unspecified atom stereocenters. The normalized spacial score (nSPS) is 20.4. The van der Waals surface area contributed by atoms with Crippen molar-refractivity contribution in [1.82, 2.24) is 9.80 Å². The zero-order valence-electron chi connectivity index (χ0n) is 15.1. The van der Waals surface area contributed by atoms with E-state index in [1.54, 1.807) is 0 Å². The van der Waals surface area contributed by atoms with Crippen molar-refractivity contribution in [2.45, 2.75) is 38.0 Å². The monoisotopic (exact) mass is 338 g/mol. The number of likely N-dealkylation sites (tertiary alicyclic amines) is 1. The predicted molar refractivity (Wildman–Crippen MR) is 98.9 cm³/mol. The first-order valence-corrected chi connectivity index (χ1v) is 8.70. The average Bonchev–Trinajstić information content (AvgIpc) is 2.62. The molecule has 1 heterocycles. The Balaban J connectivity index is 1.78. The fourth-order valence-corrected chi connectivity index (χ4v) is 3.86. The lowest BCUT2D eigenvalue weighted by Crippen LogP contribution is -2.75. The lowest BCUT2D eigenvalue weighted by molar-refractivity contribution is -0.174. The fourth-order valence-electron chi connectivity index (χ4n) is 3.86. The Hall–Kier alpha value is -2.17. The van der Waals surface area contributed by atoms with E-state index in [4.69, 9.17) is 0 Å². The van der Waals surface area contributed by atoms with Gasteiger partial charge in [-0.05, 0) is 32.0 Å². The first-order chi connectivity index (χ1) is 12.0. The first-order valence-electron chi connectivity index (χ1n) is 8.70. The third kappa shape index (κ3) is 3.20. The predicted octanol–water partition coefficient (Wildman–Crippen LogP) is 2.84. The fraction of sp³-hybridized carbons (Fsp3) is 0.381. The van der Waals surface area contributed by atoms with E-state index in [1.807, 2.05) is 77.5 Å². The van der Waals surface area contributed by atoms with Crippen molar-refractivity contribution in [3.63, 3.8) is 0 Å². The van der Waals surface area contributed by atoms with Gasteiger partial charge < -0.3 is 10.0 Å². The maximum Gasteiger partial charge on any atom is 0.243 e. The van der Waals surface area contributed by atoms with E-state index < -0.39 is 0 Å². The summed E-state index contributed by atoms with van der Waals surface area (Å²) in [6.45, 7) is 4.79. The highest BCUT2D eigenvalue weighted by atomic mass is 16.3. The molecule has 0 aliphatic carbocycles. The van der Waals surface area contributed by atoms with Crippen molar-refractivity contribution in [1.29, 1.82) is 0 Å². The SMILES string of the molecule is CN(C(CO)c1ccccc1)C1C(=O)N(Cc2ccccc2)C1(C)C. The molecule has 0 spiro atoms. The minimum atomic E-state index is -0.288. The van der Waals surface area contributed by atoms with Gasteiger partial charge in [0.15, 0.2) is 0 Å². The molecule has 2 aromatic carbocycles. The molecule has 2 atom stereocenters. The van der Waals surface area contributed by atoms with Gasteiger partial charge in [-0.15, -0.1) is 0 Å². The molecule has 1 aliphatic rings. The number of hydrogen-bond acceptors (Lipinski definition) is 3. The van der Waals surface area contributed by atoms with Crippen LogP contribution in [0.25, 0.3) is 0 Å². The molecule has 0 aromatic heterocycles. The van der Waals surface area contributed by atoms with Gasteiger partial charge in [0.1, 0.15) is 6.04 Å². The Labute approximate surface area is 149 Å². The summed E-state index contributed by atoms with van der Waals surface area (Å²) in [6, 6.07) is 19.5. The van der Waals surface area contributed by atoms with E-state index in [-0.39, 0.29) is 30.1 Å². The van der Waals surface area contributed by atoms with Crippen LogP contribution < -0.4 is 0 Å². The summed E-state index contributed by atoms with van der Waals surface area (Å²) < 4.78 is 0. The Morgan fingerprint density at radius 1 is 1.08 bits per heavy atom. The van der Waals surface area contributed by atoms with Crippen molar-refractivity contribution >= 4 is 5.91 Å². The van der Waals surface area contributed by atoms with Crippen LogP contribution in [0.4, 0.5) is 0 Å². The second-order valence-electron chi connectivity index (χ2n) is 7.24. The van der Waals surface area contributed by atoms with Gasteiger partial charge in [-0.1, -0.05) is 60.7 Å². The van der Waals surface area contributed by atoms with Gasteiger partial charge in [0.25, 0.3) is 0 Å². The van der Waals surface area contributed by atoms with Gasteiger partial charge in [-0.3, -0.25) is 9.69 Å². The van der Waals surface area contributed by atoms with Gasteiger partial charge >= 0.3 is 0 Å². The highest BCUT2D eigenvalue weighted by Crippen LogP contribution is 2.39. The van der Waals surface area contributed by atoms with Gasteiger partial charge in [0, 0.05) is 6.54 Å². The molecule has 3 rings (SSSR count). The molecule has 0 radical (unpaired) electrons. The molecule has 132 valence electrons. The van der Waals surface area contributed by atoms with Crippen LogP contribution in [0.15, 0.2) is 60.7 Å². The van der Waals surface area contributed by atoms with Crippen LogP contribution in [0.3, 0.4) is 0 Å². The smallest absolute Gasteiger partial charge is 0.243 e. The molecule has 1 aliphatic heterocycles. The molecule has 4 nitrogen and oxygen atoms in total. The van der Waals surface area contributed by atoms with Crippen molar-refractivity contribution in [2.75, 3.05) is 13.7 Å². The number of aliphatic hydroxyl groups is 1. The maximum atomic E-state index is 12.9. The number of carbonyl (C=O) groups excluding carboxylic acids is 1. The van der Waals surface area contributed by atoms with Crippen LogP contribution in [-0.4, -0.2) is 46.0 Å². The molecular weight excluding hydrogens is 312 g/mol. The van der Waals surface area contributed by atoms with Gasteiger partial charge in [-0.2, -0.15) is 0 Å². The molecule has 25 heavy (non-hydrogen) atoms. The number of rotatable bonds is 6. The van der Waals surface area contributed by atoms with E-state index in [1.165, 1.54) is 0 Å². The number of benzene rings is 2. The van der Waals surface area contributed by atoms with Crippen LogP contribution in [0.1, 0.15) is 31.0 Å². The molecule has 1 saturated heterocycles. The Bertz CT molecular complexity index is 715. The van der Waals surface area contributed by atoms with Gasteiger partial charge in [0.05, 0.1) is 18.2 Å². The maximum absolute atomic E-state index is 12.9. The van der Waals surface area contributed by atoms with Crippen LogP contribution in [0, 0.1) is 0 Å². The van der Waals surface area contributed by atoms with Crippen LogP contribution in [0.2, 0.25) is 0 Å². The van der Waals surface area contributed by atoms with Gasteiger partial charge in [-0.25, -0.2) is 0 Å². The second-order valence-corrected chi connectivity index (χ2v) is 7.24. The van der Waals surface area contributed by atoms with E-state index in [9.17, 15) is 9.90 Å². The molecular formula is C21H26N2O2. The lowest BCUT2D eigenvalue weighted by atomic mass is 9.79. The summed E-state index contributed by atoms with van der Waals surface area (Å²) in [5.74, 6) is 0.116. The number of aliphatic hydroxyl groups excluding tert-OH is 1. The van der Waals surface area contributed by atoms with E-state index >= 15 is 0 Å². The Morgan fingerprint density at radius 2 is 1.64 bits per heavy atom. The second kappa shape index (κ2) is 6.98. The highest BCUT2D eigenvalue weighted by Gasteiger charge is 2.56. The van der Waals surface area contributed by atoms with E-state index in [0.717, 1.165) is 11.1 Å². The highest BCUT2D eigenvalue weighted by molar-refractivity contribution is 5.91. The van der Waals surface area contributed by atoms with Crippen molar-refractivity contribution in [2.24, 2.45) is 0 Å². The topological polar surface area (TPSA) is 43.8 Å². The number of carbonyl (C=O) groups is 1. The molecule has 2 aromatic rings. The summed E-state index contributed by atoms with van der Waals surface area (Å²) in [4.78, 5) is 16.8. The summed E-state index contributed by atoms with van der Waals surface area (Å²) in [5.41, 5.74) is 1.87. The van der Waals surface area contributed by atoms with Crippen molar-refractivity contribution < 1.29 is 9.90 Å². The van der Waals surface area contributed by atoms with E-state index in [0.29, 0.717) is 6.54 Å². The molecule has 0 bridgehead atoms. The minimum absolute atomic E-state index is 0.0148. The summed E-state index contributed by atoms with van der Waals surface area (Å²) >= 11 is 0. The van der Waals surface area contributed by atoms with Crippen molar-refractivity contribution in [3.05, 3.63) is 71.8 Å². The summed E-state index contributed by atoms with van der Waals surface area (Å²) in [6.07, 6.45) is 0. The molecule has 1 fully saturated rings. The number of likely N-dealkylation sites (N-methyl/N-ethyl adjacent to an activating group) is 1. The number of nitrogens with zero attached hydrogens (tertiary/aromatic N) is 2. The van der Waals surface area contributed by atoms with Crippen LogP contribution in [-0.2, 0) is 11.3 Å². The zero-order valence-corrected chi connectivity index (χ0v) is 15.1. The Kier molecular flexibility index (Phi) is 4.93. The number of amides is 1. The van der Waals surface area contributed by atoms with Crippen LogP contribution >= 0.6 is 0 Å². The molecule has 1 amide bonds. The lowest BCUT2D eigenvalue weighted by Gasteiger charge is -2.58. The minimum Gasteiger partial charge on any atom is -0.394 e. The summed E-state index contributed by atoms with van der Waals surface area (Å²) in [7, 11) is 1.93. The molecule has 4 heteroatoms. The standard InChI is InChI=1S/C21H26N2O2/c1-21(2)19(20(25)23(21)14-16-10-6-4-7-11-16)22(3)18(15-24)17-12-8-5-9-13-17/h4-13,18-19,24H,14-15H2,1-3H3. The van der Waals surface area contributed by atoms with Crippen molar-refractivity contribution in [3.8, 4) is 0 Å². The van der Waals surface area contributed by atoms with E-state index in [2.05, 4.69) is 13.8 Å². The molecule has 0 saturated carbocycles. The number of β-lactam (4-membered cyclic amide) rings is 1. The largest absolute Gasteiger partial charge is 0.394 e. The first kappa shape index (κ1) is 17.6. The quantitative estimate of drug-likeness (QED) is 0.824. The average molecular weight is 338 g/mol.